The van der Waals surface area contributed by atoms with E-state index >= 15 is 0 Å². The van der Waals surface area contributed by atoms with Gasteiger partial charge < -0.3 is 10.1 Å². The fourth-order valence-electron chi connectivity index (χ4n) is 2.81. The molecule has 1 aliphatic rings. The molecule has 6 heteroatoms. The zero-order valence-corrected chi connectivity index (χ0v) is 14.4. The minimum Gasteiger partial charge on any atom is -0.379 e. The lowest BCUT2D eigenvalue weighted by Crippen LogP contribution is -2.47. The molecule has 1 N–H and O–H groups in total. The van der Waals surface area contributed by atoms with E-state index in [0.29, 0.717) is 11.4 Å². The number of hydrogen-bond acceptors (Lipinski definition) is 4. The van der Waals surface area contributed by atoms with Crippen molar-refractivity contribution in [2.24, 2.45) is 0 Å². The Bertz CT molecular complexity index is 681. The molecule has 0 radical (unpaired) electrons. The van der Waals surface area contributed by atoms with E-state index in [9.17, 15) is 9.18 Å². The molecule has 0 saturated carbocycles. The lowest BCUT2D eigenvalue weighted by atomic mass is 10.1. The van der Waals surface area contributed by atoms with Crippen LogP contribution in [0.25, 0.3) is 11.1 Å². The standard InChI is InChI=1S/C18H21FN2O2S/c1-13(21-7-9-23-10-8-21)12-20-18(22)17-16(6-11-24-17)14-2-4-15(19)5-3-14/h2-6,11,13H,7-10,12H2,1H3,(H,20,22)/t13-/m1/s1. The Morgan fingerprint density at radius 3 is 2.71 bits per heavy atom. The third-order valence-electron chi connectivity index (χ3n) is 4.25. The van der Waals surface area contributed by atoms with Crippen LogP contribution in [0.4, 0.5) is 4.39 Å². The van der Waals surface area contributed by atoms with Crippen LogP contribution in [-0.2, 0) is 4.74 Å². The molecule has 2 heterocycles. The average molecular weight is 348 g/mol. The van der Waals surface area contributed by atoms with E-state index in [1.165, 1.54) is 23.5 Å². The van der Waals surface area contributed by atoms with Crippen molar-refractivity contribution in [1.29, 1.82) is 0 Å². The first-order chi connectivity index (χ1) is 11.6. The number of rotatable bonds is 5. The molecule has 0 spiro atoms. The first-order valence-electron chi connectivity index (χ1n) is 8.08. The average Bonchev–Trinajstić information content (AvgIpc) is 3.10. The van der Waals surface area contributed by atoms with E-state index in [4.69, 9.17) is 4.74 Å². The Morgan fingerprint density at radius 1 is 1.29 bits per heavy atom. The van der Waals surface area contributed by atoms with Gasteiger partial charge in [-0.05, 0) is 36.1 Å². The van der Waals surface area contributed by atoms with Crippen LogP contribution < -0.4 is 5.32 Å². The number of thiophene rings is 1. The summed E-state index contributed by atoms with van der Waals surface area (Å²) in [6.45, 7) is 6.00. The number of nitrogens with one attached hydrogen (secondary N) is 1. The van der Waals surface area contributed by atoms with Crippen LogP contribution in [0, 0.1) is 5.82 Å². The monoisotopic (exact) mass is 348 g/mol. The van der Waals surface area contributed by atoms with Crippen molar-refractivity contribution in [3.8, 4) is 11.1 Å². The van der Waals surface area contributed by atoms with Gasteiger partial charge in [0.2, 0.25) is 0 Å². The highest BCUT2D eigenvalue weighted by atomic mass is 32.1. The highest BCUT2D eigenvalue weighted by Gasteiger charge is 2.19. The number of carbonyl (C=O) groups excluding carboxylic acids is 1. The largest absolute Gasteiger partial charge is 0.379 e. The van der Waals surface area contributed by atoms with Crippen molar-refractivity contribution in [2.75, 3.05) is 32.8 Å². The normalized spacial score (nSPS) is 16.8. The Morgan fingerprint density at radius 2 is 2.00 bits per heavy atom. The molecule has 1 aromatic carbocycles. The number of amides is 1. The van der Waals surface area contributed by atoms with Crippen molar-refractivity contribution in [3.63, 3.8) is 0 Å². The molecule has 1 atom stereocenters. The van der Waals surface area contributed by atoms with Crippen molar-refractivity contribution >= 4 is 17.2 Å². The number of halogens is 1. The Labute approximate surface area is 145 Å². The van der Waals surface area contributed by atoms with Crippen LogP contribution in [0.3, 0.4) is 0 Å². The summed E-state index contributed by atoms with van der Waals surface area (Å²) in [5, 5.41) is 4.91. The topological polar surface area (TPSA) is 41.6 Å². The van der Waals surface area contributed by atoms with E-state index in [-0.39, 0.29) is 17.8 Å². The quantitative estimate of drug-likeness (QED) is 0.903. The molecule has 1 fully saturated rings. The van der Waals surface area contributed by atoms with Crippen LogP contribution >= 0.6 is 11.3 Å². The van der Waals surface area contributed by atoms with E-state index < -0.39 is 0 Å². The zero-order chi connectivity index (χ0) is 16.9. The maximum Gasteiger partial charge on any atom is 0.262 e. The number of hydrogen-bond donors (Lipinski definition) is 1. The van der Waals surface area contributed by atoms with Crippen LogP contribution in [0.5, 0.6) is 0 Å². The van der Waals surface area contributed by atoms with Crippen LogP contribution in [0.2, 0.25) is 0 Å². The van der Waals surface area contributed by atoms with Gasteiger partial charge in [0.15, 0.2) is 0 Å². The highest BCUT2D eigenvalue weighted by molar-refractivity contribution is 7.12. The van der Waals surface area contributed by atoms with E-state index in [0.717, 1.165) is 37.4 Å². The summed E-state index contributed by atoms with van der Waals surface area (Å²) in [5.41, 5.74) is 1.69. The van der Waals surface area contributed by atoms with Crippen molar-refractivity contribution < 1.29 is 13.9 Å². The van der Waals surface area contributed by atoms with Gasteiger partial charge in [-0.15, -0.1) is 11.3 Å². The molecule has 1 aliphatic heterocycles. The lowest BCUT2D eigenvalue weighted by Gasteiger charge is -2.32. The van der Waals surface area contributed by atoms with E-state index in [1.54, 1.807) is 12.1 Å². The molecule has 1 saturated heterocycles. The maximum absolute atomic E-state index is 13.1. The molecule has 1 aromatic heterocycles. The second kappa shape index (κ2) is 7.88. The molecular weight excluding hydrogens is 327 g/mol. The number of nitrogens with zero attached hydrogens (tertiary/aromatic N) is 1. The Balaban J connectivity index is 1.63. The van der Waals surface area contributed by atoms with Gasteiger partial charge in [-0.25, -0.2) is 4.39 Å². The van der Waals surface area contributed by atoms with E-state index in [2.05, 4.69) is 17.1 Å². The second-order valence-electron chi connectivity index (χ2n) is 5.88. The zero-order valence-electron chi connectivity index (χ0n) is 13.6. The summed E-state index contributed by atoms with van der Waals surface area (Å²) in [7, 11) is 0. The summed E-state index contributed by atoms with van der Waals surface area (Å²) < 4.78 is 18.4. The Hall–Kier alpha value is -1.76. The number of carbonyl (C=O) groups is 1. The van der Waals surface area contributed by atoms with Crippen molar-refractivity contribution in [3.05, 3.63) is 46.4 Å². The van der Waals surface area contributed by atoms with Gasteiger partial charge in [0.25, 0.3) is 5.91 Å². The molecule has 1 amide bonds. The lowest BCUT2D eigenvalue weighted by molar-refractivity contribution is 0.0204. The molecule has 4 nitrogen and oxygen atoms in total. The van der Waals surface area contributed by atoms with Crippen LogP contribution in [-0.4, -0.2) is 49.7 Å². The van der Waals surface area contributed by atoms with Gasteiger partial charge in [-0.2, -0.15) is 0 Å². The second-order valence-corrected chi connectivity index (χ2v) is 6.79. The minimum absolute atomic E-state index is 0.0792. The first-order valence-corrected chi connectivity index (χ1v) is 8.96. The molecular formula is C18H21FN2O2S. The van der Waals surface area contributed by atoms with Gasteiger partial charge in [-0.3, -0.25) is 9.69 Å². The number of morpholine rings is 1. The molecule has 24 heavy (non-hydrogen) atoms. The summed E-state index contributed by atoms with van der Waals surface area (Å²) in [6, 6.07) is 8.39. The predicted molar refractivity (Wildman–Crippen MR) is 93.9 cm³/mol. The smallest absolute Gasteiger partial charge is 0.262 e. The molecule has 128 valence electrons. The summed E-state index contributed by atoms with van der Waals surface area (Å²) in [6.07, 6.45) is 0. The van der Waals surface area contributed by atoms with Gasteiger partial charge >= 0.3 is 0 Å². The molecule has 0 aliphatic carbocycles. The van der Waals surface area contributed by atoms with Gasteiger partial charge in [-0.1, -0.05) is 12.1 Å². The van der Waals surface area contributed by atoms with E-state index in [1.807, 2.05) is 11.4 Å². The summed E-state index contributed by atoms with van der Waals surface area (Å²) >= 11 is 1.40. The predicted octanol–water partition coefficient (Wildman–Crippen LogP) is 3.00. The molecule has 3 rings (SSSR count). The minimum atomic E-state index is -0.278. The SMILES string of the molecule is C[C@H](CNC(=O)c1sccc1-c1ccc(F)cc1)N1CCOCC1. The summed E-state index contributed by atoms with van der Waals surface area (Å²) in [5.74, 6) is -0.358. The van der Waals surface area contributed by atoms with Gasteiger partial charge in [0, 0.05) is 31.2 Å². The van der Waals surface area contributed by atoms with Crippen molar-refractivity contribution in [2.45, 2.75) is 13.0 Å². The third-order valence-corrected chi connectivity index (χ3v) is 5.17. The fraction of sp³-hybridized carbons (Fsp3) is 0.389. The van der Waals surface area contributed by atoms with Crippen molar-refractivity contribution in [1.82, 2.24) is 10.2 Å². The molecule has 0 unspecified atom stereocenters. The summed E-state index contributed by atoms with van der Waals surface area (Å²) in [4.78, 5) is 15.5. The maximum atomic E-state index is 13.1. The highest BCUT2D eigenvalue weighted by Crippen LogP contribution is 2.28. The number of ether oxygens (including phenoxy) is 1. The van der Waals surface area contributed by atoms with Gasteiger partial charge in [0.05, 0.1) is 18.1 Å². The number of benzene rings is 1. The molecule has 2 aromatic rings. The van der Waals surface area contributed by atoms with Crippen LogP contribution in [0.1, 0.15) is 16.6 Å². The third kappa shape index (κ3) is 4.01. The van der Waals surface area contributed by atoms with Crippen LogP contribution in [0.15, 0.2) is 35.7 Å². The first kappa shape index (κ1) is 17.1. The Kier molecular flexibility index (Phi) is 5.60. The van der Waals surface area contributed by atoms with Gasteiger partial charge in [0.1, 0.15) is 5.82 Å². The molecule has 0 bridgehead atoms. The fourth-order valence-corrected chi connectivity index (χ4v) is 3.64.